The Morgan fingerprint density at radius 1 is 1.22 bits per heavy atom. The zero-order chi connectivity index (χ0) is 13.1. The van der Waals surface area contributed by atoms with E-state index in [-0.39, 0.29) is 0 Å². The SMILES string of the molecule is CNC(c1snnc1C(C)C)C1CCC(C)CC1. The van der Waals surface area contributed by atoms with Crippen molar-refractivity contribution in [2.45, 2.75) is 58.4 Å². The Morgan fingerprint density at radius 3 is 2.44 bits per heavy atom. The van der Waals surface area contributed by atoms with Crippen molar-refractivity contribution >= 4 is 11.5 Å². The van der Waals surface area contributed by atoms with Gasteiger partial charge in [-0.3, -0.25) is 0 Å². The Bertz CT molecular complexity index is 367. The fourth-order valence-corrected chi connectivity index (χ4v) is 4.03. The summed E-state index contributed by atoms with van der Waals surface area (Å²) in [5, 5.41) is 7.84. The van der Waals surface area contributed by atoms with Crippen LogP contribution in [0.4, 0.5) is 0 Å². The van der Waals surface area contributed by atoms with Crippen molar-refractivity contribution in [1.82, 2.24) is 14.9 Å². The topological polar surface area (TPSA) is 37.8 Å². The molecule has 0 saturated heterocycles. The number of aromatic nitrogens is 2. The number of hydrogen-bond donors (Lipinski definition) is 1. The monoisotopic (exact) mass is 267 g/mol. The molecule has 3 nitrogen and oxygen atoms in total. The van der Waals surface area contributed by atoms with E-state index in [1.54, 1.807) is 11.5 Å². The van der Waals surface area contributed by atoms with Gasteiger partial charge in [-0.1, -0.05) is 38.1 Å². The molecule has 1 aliphatic rings. The van der Waals surface area contributed by atoms with Crippen molar-refractivity contribution in [3.05, 3.63) is 10.6 Å². The van der Waals surface area contributed by atoms with Gasteiger partial charge in [0.1, 0.15) is 0 Å². The van der Waals surface area contributed by atoms with Gasteiger partial charge in [0.2, 0.25) is 0 Å². The minimum Gasteiger partial charge on any atom is -0.312 e. The van der Waals surface area contributed by atoms with Crippen LogP contribution in [0.1, 0.15) is 69.0 Å². The second-order valence-corrected chi connectivity index (χ2v) is 6.75. The molecule has 1 N–H and O–H groups in total. The Morgan fingerprint density at radius 2 is 1.89 bits per heavy atom. The summed E-state index contributed by atoms with van der Waals surface area (Å²) in [6.45, 7) is 6.78. The highest BCUT2D eigenvalue weighted by atomic mass is 32.1. The zero-order valence-corrected chi connectivity index (χ0v) is 12.8. The van der Waals surface area contributed by atoms with Gasteiger partial charge in [-0.2, -0.15) is 0 Å². The summed E-state index contributed by atoms with van der Waals surface area (Å²) in [7, 11) is 2.08. The molecule has 1 heterocycles. The van der Waals surface area contributed by atoms with Crippen molar-refractivity contribution < 1.29 is 0 Å². The average molecular weight is 267 g/mol. The molecule has 1 saturated carbocycles. The zero-order valence-electron chi connectivity index (χ0n) is 11.9. The first-order valence-corrected chi connectivity index (χ1v) is 7.90. The molecule has 18 heavy (non-hydrogen) atoms. The number of nitrogens with one attached hydrogen (secondary N) is 1. The predicted octanol–water partition coefficient (Wildman–Crippen LogP) is 3.75. The Hall–Kier alpha value is -0.480. The van der Waals surface area contributed by atoms with Gasteiger partial charge in [-0.05, 0) is 49.2 Å². The molecule has 0 aromatic carbocycles. The van der Waals surface area contributed by atoms with E-state index in [4.69, 9.17) is 0 Å². The highest BCUT2D eigenvalue weighted by Gasteiger charge is 2.30. The molecule has 1 atom stereocenters. The van der Waals surface area contributed by atoms with E-state index in [1.807, 2.05) is 0 Å². The molecule has 1 aromatic heterocycles. The lowest BCUT2D eigenvalue weighted by Crippen LogP contribution is -2.28. The predicted molar refractivity (Wildman–Crippen MR) is 76.9 cm³/mol. The molecule has 0 bridgehead atoms. The van der Waals surface area contributed by atoms with Crippen molar-refractivity contribution in [3.8, 4) is 0 Å². The molecule has 0 aliphatic heterocycles. The lowest BCUT2D eigenvalue weighted by molar-refractivity contribution is 0.239. The first kappa shape index (κ1) is 13.9. The highest BCUT2D eigenvalue weighted by Crippen LogP contribution is 2.39. The molecule has 1 aliphatic carbocycles. The number of hydrogen-bond acceptors (Lipinski definition) is 4. The van der Waals surface area contributed by atoms with Crippen LogP contribution in [-0.4, -0.2) is 16.6 Å². The molecule has 2 rings (SSSR count). The highest BCUT2D eigenvalue weighted by molar-refractivity contribution is 7.05. The maximum absolute atomic E-state index is 4.32. The van der Waals surface area contributed by atoms with E-state index in [1.165, 1.54) is 36.3 Å². The van der Waals surface area contributed by atoms with Crippen LogP contribution in [0.5, 0.6) is 0 Å². The molecule has 1 unspecified atom stereocenters. The number of rotatable bonds is 4. The van der Waals surface area contributed by atoms with E-state index >= 15 is 0 Å². The van der Waals surface area contributed by atoms with Gasteiger partial charge in [-0.15, -0.1) is 5.10 Å². The summed E-state index contributed by atoms with van der Waals surface area (Å²) < 4.78 is 4.17. The summed E-state index contributed by atoms with van der Waals surface area (Å²) in [5.74, 6) is 2.13. The minimum absolute atomic E-state index is 0.454. The third-order valence-electron chi connectivity index (χ3n) is 4.21. The molecule has 102 valence electrons. The Kier molecular flexibility index (Phi) is 4.73. The van der Waals surface area contributed by atoms with Crippen LogP contribution in [-0.2, 0) is 0 Å². The van der Waals surface area contributed by atoms with E-state index in [2.05, 4.69) is 42.7 Å². The normalized spacial score (nSPS) is 26.5. The number of nitrogens with zero attached hydrogens (tertiary/aromatic N) is 2. The van der Waals surface area contributed by atoms with Gasteiger partial charge < -0.3 is 5.32 Å². The Balaban J connectivity index is 2.15. The van der Waals surface area contributed by atoms with Gasteiger partial charge >= 0.3 is 0 Å². The maximum atomic E-state index is 4.32. The lowest BCUT2D eigenvalue weighted by Gasteiger charge is -2.32. The summed E-state index contributed by atoms with van der Waals surface area (Å²) in [6.07, 6.45) is 5.41. The molecule has 0 spiro atoms. The van der Waals surface area contributed by atoms with Crippen LogP contribution in [0.2, 0.25) is 0 Å². The van der Waals surface area contributed by atoms with E-state index < -0.39 is 0 Å². The molecule has 0 amide bonds. The molecular weight excluding hydrogens is 242 g/mol. The quantitative estimate of drug-likeness (QED) is 0.903. The van der Waals surface area contributed by atoms with Crippen LogP contribution in [0.25, 0.3) is 0 Å². The molecule has 0 radical (unpaired) electrons. The van der Waals surface area contributed by atoms with Gasteiger partial charge in [0.25, 0.3) is 0 Å². The minimum atomic E-state index is 0.454. The van der Waals surface area contributed by atoms with Crippen molar-refractivity contribution in [2.75, 3.05) is 7.05 Å². The second kappa shape index (κ2) is 6.11. The molecule has 4 heteroatoms. The van der Waals surface area contributed by atoms with Crippen LogP contribution < -0.4 is 5.32 Å². The first-order chi connectivity index (χ1) is 8.63. The fraction of sp³-hybridized carbons (Fsp3) is 0.857. The average Bonchev–Trinajstić information content (AvgIpc) is 2.82. The molecular formula is C14H25N3S. The summed E-state index contributed by atoms with van der Waals surface area (Å²) in [6, 6.07) is 0.454. The van der Waals surface area contributed by atoms with Crippen LogP contribution in [0.15, 0.2) is 0 Å². The first-order valence-electron chi connectivity index (χ1n) is 7.12. The largest absolute Gasteiger partial charge is 0.312 e. The summed E-state index contributed by atoms with van der Waals surface area (Å²) in [5.41, 5.74) is 1.19. The maximum Gasteiger partial charge on any atom is 0.0829 e. The van der Waals surface area contributed by atoms with Gasteiger partial charge in [0.15, 0.2) is 0 Å². The van der Waals surface area contributed by atoms with E-state index in [9.17, 15) is 0 Å². The lowest BCUT2D eigenvalue weighted by atomic mass is 9.78. The fourth-order valence-electron chi connectivity index (χ4n) is 3.02. The Labute approximate surface area is 115 Å². The molecule has 1 fully saturated rings. The van der Waals surface area contributed by atoms with Gasteiger partial charge in [-0.25, -0.2) is 0 Å². The van der Waals surface area contributed by atoms with E-state index in [0.717, 1.165) is 11.8 Å². The van der Waals surface area contributed by atoms with E-state index in [0.29, 0.717) is 12.0 Å². The smallest absolute Gasteiger partial charge is 0.0829 e. The van der Waals surface area contributed by atoms with Crippen LogP contribution >= 0.6 is 11.5 Å². The van der Waals surface area contributed by atoms with Crippen LogP contribution in [0.3, 0.4) is 0 Å². The third kappa shape index (κ3) is 2.91. The standard InChI is InChI=1S/C14H25N3S/c1-9(2)12-14(18-17-16-12)13(15-4)11-7-5-10(3)6-8-11/h9-11,13,15H,5-8H2,1-4H3. The summed E-state index contributed by atoms with van der Waals surface area (Å²) >= 11 is 1.58. The van der Waals surface area contributed by atoms with Gasteiger partial charge in [0.05, 0.1) is 10.6 Å². The van der Waals surface area contributed by atoms with Crippen LogP contribution in [0, 0.1) is 11.8 Å². The van der Waals surface area contributed by atoms with Gasteiger partial charge in [0, 0.05) is 6.04 Å². The second-order valence-electron chi connectivity index (χ2n) is 5.96. The van der Waals surface area contributed by atoms with Crippen molar-refractivity contribution in [1.29, 1.82) is 0 Å². The van der Waals surface area contributed by atoms with Crippen molar-refractivity contribution in [2.24, 2.45) is 11.8 Å². The summed E-state index contributed by atoms with van der Waals surface area (Å²) in [4.78, 5) is 1.37. The molecule has 1 aromatic rings. The van der Waals surface area contributed by atoms with Crippen molar-refractivity contribution in [3.63, 3.8) is 0 Å². The third-order valence-corrected chi connectivity index (χ3v) is 5.04.